The quantitative estimate of drug-likeness (QED) is 0.421. The van der Waals surface area contributed by atoms with Gasteiger partial charge in [0.1, 0.15) is 12.2 Å². The third kappa shape index (κ3) is 4.34. The third-order valence-corrected chi connectivity index (χ3v) is 4.63. The van der Waals surface area contributed by atoms with Crippen molar-refractivity contribution in [1.82, 2.24) is 30.2 Å². The van der Waals surface area contributed by atoms with Crippen molar-refractivity contribution in [3.05, 3.63) is 57.0 Å². The van der Waals surface area contributed by atoms with Crippen LogP contribution in [-0.4, -0.2) is 31.1 Å². The first-order valence-corrected chi connectivity index (χ1v) is 9.18. The zero-order valence-corrected chi connectivity index (χ0v) is 17.0. The van der Waals surface area contributed by atoms with Gasteiger partial charge in [0.2, 0.25) is 0 Å². The zero-order chi connectivity index (χ0) is 19.6. The van der Waals surface area contributed by atoms with Gasteiger partial charge in [-0.2, -0.15) is 5.10 Å². The number of nitrogens with one attached hydrogen (secondary N) is 3. The summed E-state index contributed by atoms with van der Waals surface area (Å²) in [7, 11) is 1.74. The second-order valence-corrected chi connectivity index (χ2v) is 7.26. The molecule has 0 saturated heterocycles. The third-order valence-electron chi connectivity index (χ3n) is 3.89. The Morgan fingerprint density at radius 1 is 1.26 bits per heavy atom. The summed E-state index contributed by atoms with van der Waals surface area (Å²) in [4.78, 5) is 24.4. The Bertz CT molecular complexity index is 1050. The molecule has 0 bridgehead atoms. The Balaban J connectivity index is 1.69. The fourth-order valence-electron chi connectivity index (χ4n) is 2.51. The van der Waals surface area contributed by atoms with Gasteiger partial charge in [-0.15, -0.1) is 0 Å². The van der Waals surface area contributed by atoms with E-state index in [0.29, 0.717) is 16.3 Å². The Labute approximate surface area is 168 Å². The maximum absolute atomic E-state index is 12.3. The standard InChI is InChI=1S/C17H17BrN6O2S/c1-10-3-5-11(6-4-10)15-20-22-17(27)24(15)9-14(25)19-21-16(26)13-7-12(18)8-23(13)2/h3-8H,9H2,1-2H3,(H,19,25)(H,21,26)(H,22,27). The van der Waals surface area contributed by atoms with Crippen molar-refractivity contribution >= 4 is 40.0 Å². The summed E-state index contributed by atoms with van der Waals surface area (Å²) in [6.45, 7) is 1.90. The molecule has 2 aromatic heterocycles. The van der Waals surface area contributed by atoms with Crippen molar-refractivity contribution in [1.29, 1.82) is 0 Å². The molecular weight excluding hydrogens is 432 g/mol. The number of hydrogen-bond donors (Lipinski definition) is 3. The summed E-state index contributed by atoms with van der Waals surface area (Å²) in [5, 5.41) is 6.89. The number of amides is 2. The smallest absolute Gasteiger partial charge is 0.286 e. The summed E-state index contributed by atoms with van der Waals surface area (Å²) in [6.07, 6.45) is 1.75. The number of rotatable bonds is 4. The minimum Gasteiger partial charge on any atom is -0.345 e. The number of carbonyl (C=O) groups is 2. The van der Waals surface area contributed by atoms with Gasteiger partial charge in [0.15, 0.2) is 10.6 Å². The van der Waals surface area contributed by atoms with Crippen LogP contribution >= 0.6 is 28.1 Å². The maximum Gasteiger partial charge on any atom is 0.286 e. The first kappa shape index (κ1) is 19.1. The molecule has 3 N–H and O–H groups in total. The molecule has 0 aliphatic carbocycles. The van der Waals surface area contributed by atoms with Crippen LogP contribution in [0.15, 0.2) is 41.0 Å². The van der Waals surface area contributed by atoms with E-state index in [-0.39, 0.29) is 6.54 Å². The van der Waals surface area contributed by atoms with Crippen molar-refractivity contribution in [3.8, 4) is 11.4 Å². The van der Waals surface area contributed by atoms with E-state index in [0.717, 1.165) is 15.6 Å². The lowest BCUT2D eigenvalue weighted by Gasteiger charge is -2.10. The summed E-state index contributed by atoms with van der Waals surface area (Å²) in [6, 6.07) is 9.38. The summed E-state index contributed by atoms with van der Waals surface area (Å²) >= 11 is 8.52. The predicted molar refractivity (Wildman–Crippen MR) is 106 cm³/mol. The molecule has 0 fully saturated rings. The number of benzene rings is 1. The minimum atomic E-state index is -0.428. The van der Waals surface area contributed by atoms with Crippen LogP contribution in [0.4, 0.5) is 0 Å². The highest BCUT2D eigenvalue weighted by molar-refractivity contribution is 9.10. The lowest BCUT2D eigenvalue weighted by atomic mass is 10.1. The van der Waals surface area contributed by atoms with E-state index in [2.05, 4.69) is 37.0 Å². The lowest BCUT2D eigenvalue weighted by Crippen LogP contribution is -2.43. The second kappa shape index (κ2) is 7.89. The Hall–Kier alpha value is -2.72. The van der Waals surface area contributed by atoms with Gasteiger partial charge in [-0.05, 0) is 41.1 Å². The van der Waals surface area contributed by atoms with Crippen molar-refractivity contribution in [2.45, 2.75) is 13.5 Å². The van der Waals surface area contributed by atoms with Gasteiger partial charge < -0.3 is 4.57 Å². The topological polar surface area (TPSA) is 96.7 Å². The summed E-state index contributed by atoms with van der Waals surface area (Å²) in [5.74, 6) is -0.304. The van der Waals surface area contributed by atoms with Crippen molar-refractivity contribution in [3.63, 3.8) is 0 Å². The summed E-state index contributed by atoms with van der Waals surface area (Å²) < 4.78 is 4.31. The molecule has 2 amide bonds. The number of aryl methyl sites for hydroxylation is 2. The first-order chi connectivity index (χ1) is 12.8. The van der Waals surface area contributed by atoms with Gasteiger partial charge in [0.05, 0.1) is 0 Å². The zero-order valence-electron chi connectivity index (χ0n) is 14.6. The van der Waals surface area contributed by atoms with Crippen LogP contribution in [0, 0.1) is 11.7 Å². The van der Waals surface area contributed by atoms with Crippen molar-refractivity contribution in [2.75, 3.05) is 0 Å². The van der Waals surface area contributed by atoms with Gasteiger partial charge in [-0.25, -0.2) is 0 Å². The van der Waals surface area contributed by atoms with Gasteiger partial charge >= 0.3 is 0 Å². The van der Waals surface area contributed by atoms with E-state index in [1.807, 2.05) is 31.2 Å². The van der Waals surface area contributed by atoms with Crippen molar-refractivity contribution < 1.29 is 9.59 Å². The number of H-pyrrole nitrogens is 1. The molecule has 0 saturated carbocycles. The number of carbonyl (C=O) groups excluding carboxylic acids is 2. The Kier molecular flexibility index (Phi) is 5.57. The highest BCUT2D eigenvalue weighted by atomic mass is 79.9. The van der Waals surface area contributed by atoms with Gasteiger partial charge in [-0.3, -0.25) is 30.1 Å². The monoisotopic (exact) mass is 448 g/mol. The SMILES string of the molecule is Cc1ccc(-c2n[nH]c(=S)n2CC(=O)NNC(=O)c2cc(Br)cn2C)cc1. The number of hydrogen-bond acceptors (Lipinski definition) is 4. The van der Waals surface area contributed by atoms with Gasteiger partial charge in [0.25, 0.3) is 11.8 Å². The van der Waals surface area contributed by atoms with Crippen molar-refractivity contribution in [2.24, 2.45) is 7.05 Å². The fraction of sp³-hybridized carbons (Fsp3) is 0.176. The second-order valence-electron chi connectivity index (χ2n) is 5.96. The van der Waals surface area contributed by atoms with Crippen LogP contribution in [0.2, 0.25) is 0 Å². The molecule has 0 unspecified atom stereocenters. The average molecular weight is 449 g/mol. The Morgan fingerprint density at radius 3 is 2.59 bits per heavy atom. The number of aromatic nitrogens is 4. The molecule has 3 aromatic rings. The maximum atomic E-state index is 12.3. The fourth-order valence-corrected chi connectivity index (χ4v) is 3.23. The molecule has 0 spiro atoms. The van der Waals surface area contributed by atoms with E-state index >= 15 is 0 Å². The molecule has 8 nitrogen and oxygen atoms in total. The molecule has 0 atom stereocenters. The average Bonchev–Trinajstić information content (AvgIpc) is 3.16. The Morgan fingerprint density at radius 2 is 1.96 bits per heavy atom. The number of hydrazine groups is 1. The highest BCUT2D eigenvalue weighted by Crippen LogP contribution is 2.18. The van der Waals surface area contributed by atoms with Crippen LogP contribution in [0.1, 0.15) is 16.1 Å². The van der Waals surface area contributed by atoms with E-state index in [4.69, 9.17) is 12.2 Å². The lowest BCUT2D eigenvalue weighted by molar-refractivity contribution is -0.122. The molecule has 0 aliphatic rings. The largest absolute Gasteiger partial charge is 0.345 e. The van der Waals surface area contributed by atoms with Crippen LogP contribution in [-0.2, 0) is 18.4 Å². The molecule has 27 heavy (non-hydrogen) atoms. The molecule has 0 radical (unpaired) electrons. The van der Waals surface area contributed by atoms with E-state index < -0.39 is 11.8 Å². The molecular formula is C17H17BrN6O2S. The molecule has 0 aliphatic heterocycles. The molecule has 1 aromatic carbocycles. The summed E-state index contributed by atoms with van der Waals surface area (Å²) in [5.41, 5.74) is 7.14. The van der Waals surface area contributed by atoms with Crippen LogP contribution < -0.4 is 10.9 Å². The highest BCUT2D eigenvalue weighted by Gasteiger charge is 2.15. The van der Waals surface area contributed by atoms with Crippen LogP contribution in [0.25, 0.3) is 11.4 Å². The molecule has 2 heterocycles. The molecule has 140 valence electrons. The van der Waals surface area contributed by atoms with E-state index in [1.54, 1.807) is 28.4 Å². The molecule has 10 heteroatoms. The minimum absolute atomic E-state index is 0.0876. The van der Waals surface area contributed by atoms with Crippen LogP contribution in [0.5, 0.6) is 0 Å². The van der Waals surface area contributed by atoms with E-state index in [1.165, 1.54) is 0 Å². The first-order valence-electron chi connectivity index (χ1n) is 7.98. The van der Waals surface area contributed by atoms with Crippen LogP contribution in [0.3, 0.4) is 0 Å². The number of aromatic amines is 1. The van der Waals surface area contributed by atoms with E-state index in [9.17, 15) is 9.59 Å². The molecule has 3 rings (SSSR count). The van der Waals surface area contributed by atoms with Gasteiger partial charge in [0, 0.05) is 23.3 Å². The number of halogens is 1. The normalized spacial score (nSPS) is 10.6. The van der Waals surface area contributed by atoms with Gasteiger partial charge in [-0.1, -0.05) is 29.8 Å². The predicted octanol–water partition coefficient (Wildman–Crippen LogP) is 2.48. The number of nitrogens with zero attached hydrogens (tertiary/aromatic N) is 3.